The zero-order valence-electron chi connectivity index (χ0n) is 14.9. The Morgan fingerprint density at radius 1 is 1.25 bits per heavy atom. The van der Waals surface area contributed by atoms with Crippen LogP contribution in [0.1, 0.15) is 12.1 Å². The number of ether oxygens (including phenoxy) is 1. The van der Waals surface area contributed by atoms with E-state index in [0.29, 0.717) is 30.4 Å². The van der Waals surface area contributed by atoms with Crippen LogP contribution in [0, 0.1) is 11.3 Å². The second kappa shape index (κ2) is 7.44. The number of benzene rings is 1. The van der Waals surface area contributed by atoms with Crippen LogP contribution in [0.15, 0.2) is 47.8 Å². The number of para-hydroxylation sites is 1. The summed E-state index contributed by atoms with van der Waals surface area (Å²) in [5.41, 5.74) is 0.466. The number of carbonyl (C=O) groups is 1. The first kappa shape index (κ1) is 17.6. The molecule has 1 aliphatic heterocycles. The Morgan fingerprint density at radius 3 is 2.93 bits per heavy atom. The van der Waals surface area contributed by atoms with Gasteiger partial charge in [0.15, 0.2) is 0 Å². The lowest BCUT2D eigenvalue weighted by Gasteiger charge is -2.17. The highest BCUT2D eigenvalue weighted by Gasteiger charge is 2.29. The van der Waals surface area contributed by atoms with Crippen LogP contribution in [0.25, 0.3) is 10.9 Å². The van der Waals surface area contributed by atoms with Gasteiger partial charge in [0.2, 0.25) is 11.6 Å². The lowest BCUT2D eigenvalue weighted by Crippen LogP contribution is -2.36. The third-order valence-electron chi connectivity index (χ3n) is 4.58. The number of likely N-dealkylation sites (tertiary alicyclic amines) is 1. The van der Waals surface area contributed by atoms with Crippen LogP contribution in [0.2, 0.25) is 0 Å². The van der Waals surface area contributed by atoms with Gasteiger partial charge in [-0.2, -0.15) is 5.26 Å². The fourth-order valence-corrected chi connectivity index (χ4v) is 3.16. The lowest BCUT2D eigenvalue weighted by molar-refractivity contribution is -0.131. The fourth-order valence-electron chi connectivity index (χ4n) is 3.16. The average molecular weight is 376 g/mol. The molecule has 0 N–H and O–H groups in total. The van der Waals surface area contributed by atoms with Crippen molar-refractivity contribution in [3.63, 3.8) is 0 Å². The van der Waals surface area contributed by atoms with Crippen LogP contribution >= 0.6 is 0 Å². The molecule has 1 fully saturated rings. The number of aromatic nitrogens is 4. The van der Waals surface area contributed by atoms with Crippen molar-refractivity contribution in [1.29, 1.82) is 5.26 Å². The van der Waals surface area contributed by atoms with Gasteiger partial charge in [-0.05, 0) is 12.1 Å². The van der Waals surface area contributed by atoms with Crippen LogP contribution in [0.3, 0.4) is 0 Å². The summed E-state index contributed by atoms with van der Waals surface area (Å²) in [5, 5.41) is 9.54. The van der Waals surface area contributed by atoms with Crippen molar-refractivity contribution in [2.45, 2.75) is 19.1 Å². The van der Waals surface area contributed by atoms with Gasteiger partial charge in [-0.15, -0.1) is 0 Å². The highest BCUT2D eigenvalue weighted by atomic mass is 16.5. The number of nitriles is 1. The van der Waals surface area contributed by atoms with E-state index in [-0.39, 0.29) is 35.7 Å². The van der Waals surface area contributed by atoms with Gasteiger partial charge >= 0.3 is 0 Å². The number of carbonyl (C=O) groups excluding carboxylic acids is 1. The zero-order valence-corrected chi connectivity index (χ0v) is 14.9. The number of rotatable bonds is 4. The molecule has 1 unspecified atom stereocenters. The minimum Gasteiger partial charge on any atom is -0.470 e. The van der Waals surface area contributed by atoms with E-state index in [0.717, 1.165) is 0 Å². The topological polar surface area (TPSA) is 114 Å². The molecule has 0 radical (unpaired) electrons. The molecule has 28 heavy (non-hydrogen) atoms. The molecule has 3 aromatic rings. The molecule has 1 aliphatic rings. The number of fused-ring (bicyclic) bond motifs is 1. The molecule has 2 aromatic heterocycles. The van der Waals surface area contributed by atoms with Crippen LogP contribution in [0.5, 0.6) is 5.88 Å². The van der Waals surface area contributed by atoms with E-state index < -0.39 is 0 Å². The smallest absolute Gasteiger partial charge is 0.261 e. The maximum Gasteiger partial charge on any atom is 0.261 e. The second-order valence-electron chi connectivity index (χ2n) is 6.38. The Kier molecular flexibility index (Phi) is 4.68. The lowest BCUT2D eigenvalue weighted by atomic mass is 10.2. The summed E-state index contributed by atoms with van der Waals surface area (Å²) < 4.78 is 7.05. The van der Waals surface area contributed by atoms with Crippen molar-refractivity contribution in [2.24, 2.45) is 0 Å². The van der Waals surface area contributed by atoms with Crippen LogP contribution in [-0.2, 0) is 11.3 Å². The van der Waals surface area contributed by atoms with Gasteiger partial charge in [0.1, 0.15) is 18.7 Å². The summed E-state index contributed by atoms with van der Waals surface area (Å²) in [6.07, 6.45) is 4.60. The molecule has 1 amide bonds. The molecular formula is C19H16N6O3. The summed E-state index contributed by atoms with van der Waals surface area (Å²) in [6.45, 7) is 0.773. The molecule has 9 nitrogen and oxygen atoms in total. The molecule has 1 saturated heterocycles. The first-order valence-corrected chi connectivity index (χ1v) is 8.75. The minimum absolute atomic E-state index is 0.0853. The van der Waals surface area contributed by atoms with E-state index in [2.05, 4.69) is 15.0 Å². The molecule has 9 heteroatoms. The number of hydrogen-bond acceptors (Lipinski definition) is 7. The van der Waals surface area contributed by atoms with Crippen molar-refractivity contribution in [1.82, 2.24) is 24.4 Å². The molecule has 1 aromatic carbocycles. The summed E-state index contributed by atoms with van der Waals surface area (Å²) in [5.74, 6) is -0.0239. The predicted octanol–water partition coefficient (Wildman–Crippen LogP) is 0.738. The monoisotopic (exact) mass is 376 g/mol. The molecule has 4 rings (SSSR count). The van der Waals surface area contributed by atoms with Crippen molar-refractivity contribution < 1.29 is 9.53 Å². The van der Waals surface area contributed by atoms with Gasteiger partial charge < -0.3 is 9.64 Å². The van der Waals surface area contributed by atoms with Crippen LogP contribution < -0.4 is 10.3 Å². The van der Waals surface area contributed by atoms with E-state index in [4.69, 9.17) is 10.00 Å². The normalized spacial score (nSPS) is 16.1. The molecule has 0 bridgehead atoms. The zero-order chi connectivity index (χ0) is 19.5. The van der Waals surface area contributed by atoms with E-state index in [1.165, 1.54) is 23.3 Å². The van der Waals surface area contributed by atoms with Crippen LogP contribution in [0.4, 0.5) is 0 Å². The van der Waals surface area contributed by atoms with Gasteiger partial charge in [-0.1, -0.05) is 12.1 Å². The van der Waals surface area contributed by atoms with Crippen molar-refractivity contribution in [2.75, 3.05) is 13.1 Å². The van der Waals surface area contributed by atoms with Gasteiger partial charge in [0.25, 0.3) is 11.4 Å². The predicted molar refractivity (Wildman–Crippen MR) is 98.4 cm³/mol. The Hall–Kier alpha value is -3.80. The third kappa shape index (κ3) is 3.40. The maximum atomic E-state index is 12.6. The summed E-state index contributed by atoms with van der Waals surface area (Å²) in [4.78, 5) is 39.0. The summed E-state index contributed by atoms with van der Waals surface area (Å²) in [7, 11) is 0. The highest BCUT2D eigenvalue weighted by Crippen LogP contribution is 2.18. The van der Waals surface area contributed by atoms with Gasteiger partial charge in [-0.3, -0.25) is 14.2 Å². The summed E-state index contributed by atoms with van der Waals surface area (Å²) in [6, 6.07) is 8.96. The Balaban J connectivity index is 1.43. The molecule has 3 heterocycles. The van der Waals surface area contributed by atoms with E-state index >= 15 is 0 Å². The third-order valence-corrected chi connectivity index (χ3v) is 4.58. The van der Waals surface area contributed by atoms with Crippen LogP contribution in [-0.4, -0.2) is 49.5 Å². The molecule has 0 aliphatic carbocycles. The van der Waals surface area contributed by atoms with Gasteiger partial charge in [0, 0.05) is 25.4 Å². The molecule has 140 valence electrons. The van der Waals surface area contributed by atoms with Crippen molar-refractivity contribution in [3.8, 4) is 11.9 Å². The fraction of sp³-hybridized carbons (Fsp3) is 0.263. The first-order valence-electron chi connectivity index (χ1n) is 8.75. The Labute approximate surface area is 159 Å². The number of amides is 1. The summed E-state index contributed by atoms with van der Waals surface area (Å²) >= 11 is 0. The standard InChI is InChI=1S/C19H16N6O3/c20-9-16-18(22-7-6-21-16)28-13-5-8-24(10-13)17(26)11-25-12-23-15-4-2-1-3-14(15)19(25)27/h1-4,6-7,12-13H,5,8,10-11H2. The van der Waals surface area contributed by atoms with Gasteiger partial charge in [-0.25, -0.2) is 15.0 Å². The second-order valence-corrected chi connectivity index (χ2v) is 6.38. The molecule has 0 saturated carbocycles. The largest absolute Gasteiger partial charge is 0.470 e. The minimum atomic E-state index is -0.279. The first-order chi connectivity index (χ1) is 13.7. The van der Waals surface area contributed by atoms with Gasteiger partial charge in [0.05, 0.1) is 23.8 Å². The van der Waals surface area contributed by atoms with E-state index in [1.807, 2.05) is 12.1 Å². The maximum absolute atomic E-state index is 12.6. The number of nitrogens with zero attached hydrogens (tertiary/aromatic N) is 6. The molecule has 1 atom stereocenters. The quantitative estimate of drug-likeness (QED) is 0.660. The Morgan fingerprint density at radius 2 is 2.07 bits per heavy atom. The SMILES string of the molecule is N#Cc1nccnc1OC1CCN(C(=O)Cn2cnc3ccccc3c2=O)C1. The van der Waals surface area contributed by atoms with Crippen molar-refractivity contribution in [3.05, 3.63) is 59.0 Å². The number of hydrogen-bond donors (Lipinski definition) is 0. The molecule has 0 spiro atoms. The molecular weight excluding hydrogens is 360 g/mol. The van der Waals surface area contributed by atoms with Crippen molar-refractivity contribution >= 4 is 16.8 Å². The average Bonchev–Trinajstić information content (AvgIpc) is 3.19. The highest BCUT2D eigenvalue weighted by molar-refractivity contribution is 5.79. The Bertz CT molecular complexity index is 1140. The van der Waals surface area contributed by atoms with E-state index in [9.17, 15) is 9.59 Å². The van der Waals surface area contributed by atoms with E-state index in [1.54, 1.807) is 23.1 Å².